The minimum absolute atomic E-state index is 0.0384. The van der Waals surface area contributed by atoms with Gasteiger partial charge in [0, 0.05) is 5.56 Å². The average Bonchev–Trinajstić information content (AvgIpc) is 2.51. The number of halogens is 3. The molecule has 0 heterocycles. The molecule has 0 saturated carbocycles. The van der Waals surface area contributed by atoms with Crippen LogP contribution in [0, 0.1) is 0 Å². The molecule has 0 atom stereocenters. The van der Waals surface area contributed by atoms with E-state index in [1.807, 2.05) is 0 Å². The highest BCUT2D eigenvalue weighted by Gasteiger charge is 2.10. The lowest BCUT2D eigenvalue weighted by molar-refractivity contribution is -0.118. The molecule has 120 valence electrons. The van der Waals surface area contributed by atoms with Crippen molar-refractivity contribution in [3.8, 4) is 5.75 Å². The molecule has 0 aliphatic carbocycles. The Kier molecular flexibility index (Phi) is 5.88. The second kappa shape index (κ2) is 7.68. The summed E-state index contributed by atoms with van der Waals surface area (Å²) in [6.45, 7) is 1.26. The summed E-state index contributed by atoms with van der Waals surface area (Å²) in [6, 6.07) is 9.41. The van der Waals surface area contributed by atoms with Gasteiger partial charge in [0.15, 0.2) is 12.4 Å². The molecule has 1 N–H and O–H groups in total. The zero-order valence-corrected chi connectivity index (χ0v) is 14.3. The van der Waals surface area contributed by atoms with Gasteiger partial charge in [-0.2, -0.15) is 0 Å². The SMILES string of the molecule is CC(=O)c1ccc(OCC(=O)Nc2cc(Cl)c(Cl)cc2Cl)cc1. The van der Waals surface area contributed by atoms with Crippen LogP contribution in [0.3, 0.4) is 0 Å². The molecule has 0 unspecified atom stereocenters. The van der Waals surface area contributed by atoms with Gasteiger partial charge in [-0.15, -0.1) is 0 Å². The van der Waals surface area contributed by atoms with Crippen LogP contribution < -0.4 is 10.1 Å². The molecule has 0 saturated heterocycles. The minimum Gasteiger partial charge on any atom is -0.484 e. The van der Waals surface area contributed by atoms with Gasteiger partial charge >= 0.3 is 0 Å². The van der Waals surface area contributed by atoms with Crippen LogP contribution in [-0.4, -0.2) is 18.3 Å². The number of carbonyl (C=O) groups excluding carboxylic acids is 2. The molecule has 0 spiro atoms. The highest BCUT2D eigenvalue weighted by Crippen LogP contribution is 2.32. The molecule has 4 nitrogen and oxygen atoms in total. The van der Waals surface area contributed by atoms with Gasteiger partial charge in [0.1, 0.15) is 5.75 Å². The number of carbonyl (C=O) groups is 2. The molecule has 2 aromatic rings. The predicted molar refractivity (Wildman–Crippen MR) is 92.0 cm³/mol. The Labute approximate surface area is 148 Å². The molecule has 7 heteroatoms. The summed E-state index contributed by atoms with van der Waals surface area (Å²) in [4.78, 5) is 23.1. The minimum atomic E-state index is -0.402. The fraction of sp³-hybridized carbons (Fsp3) is 0.125. The summed E-state index contributed by atoms with van der Waals surface area (Å²) in [5.74, 6) is 0.0369. The first-order valence-corrected chi connectivity index (χ1v) is 7.68. The Morgan fingerprint density at radius 1 is 1.00 bits per heavy atom. The van der Waals surface area contributed by atoms with Crippen molar-refractivity contribution in [1.29, 1.82) is 0 Å². The number of benzene rings is 2. The molecule has 0 aliphatic rings. The number of nitrogens with one attached hydrogen (secondary N) is 1. The number of Topliss-reactive ketones (excluding diaryl/α,β-unsaturated/α-hetero) is 1. The van der Waals surface area contributed by atoms with E-state index >= 15 is 0 Å². The van der Waals surface area contributed by atoms with E-state index in [2.05, 4.69) is 5.32 Å². The lowest BCUT2D eigenvalue weighted by atomic mass is 10.1. The molecule has 1 amide bonds. The Balaban J connectivity index is 1.95. The van der Waals surface area contributed by atoms with E-state index in [0.717, 1.165) is 0 Å². The van der Waals surface area contributed by atoms with Gasteiger partial charge < -0.3 is 10.1 Å². The number of amides is 1. The number of ketones is 1. The van der Waals surface area contributed by atoms with Crippen LogP contribution in [0.15, 0.2) is 36.4 Å². The maximum atomic E-state index is 11.9. The first-order valence-electron chi connectivity index (χ1n) is 6.55. The molecule has 23 heavy (non-hydrogen) atoms. The highest BCUT2D eigenvalue weighted by molar-refractivity contribution is 6.44. The van der Waals surface area contributed by atoms with Crippen LogP contribution >= 0.6 is 34.8 Å². The van der Waals surface area contributed by atoms with Crippen LogP contribution in [0.1, 0.15) is 17.3 Å². The zero-order valence-electron chi connectivity index (χ0n) is 12.0. The van der Waals surface area contributed by atoms with Crippen molar-refractivity contribution in [2.45, 2.75) is 6.92 Å². The van der Waals surface area contributed by atoms with Crippen molar-refractivity contribution >= 4 is 52.2 Å². The third kappa shape index (κ3) is 4.86. The van der Waals surface area contributed by atoms with E-state index in [0.29, 0.717) is 22.0 Å². The summed E-state index contributed by atoms with van der Waals surface area (Å²) < 4.78 is 5.34. The van der Waals surface area contributed by atoms with Crippen molar-refractivity contribution in [1.82, 2.24) is 0 Å². The quantitative estimate of drug-likeness (QED) is 0.602. The molecule has 2 aromatic carbocycles. The number of hydrogen-bond donors (Lipinski definition) is 1. The van der Waals surface area contributed by atoms with E-state index < -0.39 is 5.91 Å². The smallest absolute Gasteiger partial charge is 0.262 e. The first kappa shape index (κ1) is 17.6. The molecule has 0 aliphatic heterocycles. The van der Waals surface area contributed by atoms with Gasteiger partial charge in [-0.1, -0.05) is 34.8 Å². The van der Waals surface area contributed by atoms with E-state index in [9.17, 15) is 9.59 Å². The van der Waals surface area contributed by atoms with Crippen LogP contribution in [0.2, 0.25) is 15.1 Å². The summed E-state index contributed by atoms with van der Waals surface area (Å²) in [6.07, 6.45) is 0. The van der Waals surface area contributed by atoms with Crippen LogP contribution in [-0.2, 0) is 4.79 Å². The molecular formula is C16H12Cl3NO3. The Morgan fingerprint density at radius 3 is 2.22 bits per heavy atom. The summed E-state index contributed by atoms with van der Waals surface area (Å²) in [5, 5.41) is 3.45. The van der Waals surface area contributed by atoms with Gasteiger partial charge in [-0.3, -0.25) is 9.59 Å². The largest absolute Gasteiger partial charge is 0.484 e. The monoisotopic (exact) mass is 371 g/mol. The maximum absolute atomic E-state index is 11.9. The van der Waals surface area contributed by atoms with Crippen LogP contribution in [0.4, 0.5) is 5.69 Å². The zero-order chi connectivity index (χ0) is 17.0. The molecule has 0 fully saturated rings. The first-order chi connectivity index (χ1) is 10.9. The second-order valence-corrected chi connectivity index (χ2v) is 5.89. The molecule has 0 bridgehead atoms. The number of anilines is 1. The van der Waals surface area contributed by atoms with E-state index in [1.165, 1.54) is 19.1 Å². The fourth-order valence-electron chi connectivity index (χ4n) is 1.74. The van der Waals surface area contributed by atoms with Gasteiger partial charge in [0.05, 0.1) is 20.8 Å². The molecule has 0 aromatic heterocycles. The average molecular weight is 373 g/mol. The normalized spacial score (nSPS) is 10.3. The van der Waals surface area contributed by atoms with Crippen molar-refractivity contribution in [3.05, 3.63) is 57.0 Å². The van der Waals surface area contributed by atoms with Gasteiger partial charge in [-0.05, 0) is 43.3 Å². The van der Waals surface area contributed by atoms with Gasteiger partial charge in [0.2, 0.25) is 0 Å². The standard InChI is InChI=1S/C16H12Cl3NO3/c1-9(21)10-2-4-11(5-3-10)23-8-16(22)20-15-7-13(18)12(17)6-14(15)19/h2-7H,8H2,1H3,(H,20,22). The summed E-state index contributed by atoms with van der Waals surface area (Å²) >= 11 is 17.7. The van der Waals surface area contributed by atoms with E-state index in [1.54, 1.807) is 24.3 Å². The lowest BCUT2D eigenvalue weighted by Gasteiger charge is -2.10. The van der Waals surface area contributed by atoms with Gasteiger partial charge in [0.25, 0.3) is 5.91 Å². The summed E-state index contributed by atoms with van der Waals surface area (Å²) in [7, 11) is 0. The van der Waals surface area contributed by atoms with Crippen LogP contribution in [0.5, 0.6) is 5.75 Å². The highest BCUT2D eigenvalue weighted by atomic mass is 35.5. The Morgan fingerprint density at radius 2 is 1.61 bits per heavy atom. The maximum Gasteiger partial charge on any atom is 0.262 e. The predicted octanol–water partition coefficient (Wildman–Crippen LogP) is 4.87. The molecular weight excluding hydrogens is 361 g/mol. The van der Waals surface area contributed by atoms with Crippen molar-refractivity contribution in [3.63, 3.8) is 0 Å². The number of hydrogen-bond acceptors (Lipinski definition) is 3. The lowest BCUT2D eigenvalue weighted by Crippen LogP contribution is -2.20. The Hall–Kier alpha value is -1.75. The third-order valence-electron chi connectivity index (χ3n) is 2.91. The van der Waals surface area contributed by atoms with Crippen molar-refractivity contribution < 1.29 is 14.3 Å². The molecule has 2 rings (SSSR count). The second-order valence-electron chi connectivity index (χ2n) is 4.66. The van der Waals surface area contributed by atoms with Gasteiger partial charge in [-0.25, -0.2) is 0 Å². The fourth-order valence-corrected chi connectivity index (χ4v) is 2.33. The number of ether oxygens (including phenoxy) is 1. The summed E-state index contributed by atoms with van der Waals surface area (Å²) in [5.41, 5.74) is 0.922. The third-order valence-corrected chi connectivity index (χ3v) is 3.95. The topological polar surface area (TPSA) is 55.4 Å². The van der Waals surface area contributed by atoms with Crippen molar-refractivity contribution in [2.24, 2.45) is 0 Å². The van der Waals surface area contributed by atoms with Crippen molar-refractivity contribution in [2.75, 3.05) is 11.9 Å². The van der Waals surface area contributed by atoms with E-state index in [4.69, 9.17) is 39.5 Å². The Bertz CT molecular complexity index is 745. The number of rotatable bonds is 5. The van der Waals surface area contributed by atoms with Crippen LogP contribution in [0.25, 0.3) is 0 Å². The van der Waals surface area contributed by atoms with E-state index in [-0.39, 0.29) is 22.4 Å². The molecule has 0 radical (unpaired) electrons.